The number of carbonyl (C=O) groups excluding carboxylic acids is 1. The van der Waals surface area contributed by atoms with Gasteiger partial charge in [-0.25, -0.2) is 4.31 Å². The van der Waals surface area contributed by atoms with Gasteiger partial charge in [0.05, 0.1) is 11.3 Å². The van der Waals surface area contributed by atoms with Crippen molar-refractivity contribution in [3.05, 3.63) is 42.0 Å². The Morgan fingerprint density at radius 3 is 2.50 bits per heavy atom. The molecular formula is C14H14N2O3S. The Morgan fingerprint density at radius 1 is 1.10 bits per heavy atom. The molecule has 0 aliphatic carbocycles. The lowest BCUT2D eigenvalue weighted by Gasteiger charge is -2.32. The van der Waals surface area contributed by atoms with E-state index in [-0.39, 0.29) is 0 Å². The van der Waals surface area contributed by atoms with Crippen LogP contribution < -0.4 is 4.72 Å². The number of hydrogen-bond donors (Lipinski definition) is 1. The molecule has 2 aromatic carbocycles. The normalized spacial score (nSPS) is 17.1. The van der Waals surface area contributed by atoms with E-state index in [1.807, 2.05) is 24.3 Å². The third-order valence-electron chi connectivity index (χ3n) is 3.32. The summed E-state index contributed by atoms with van der Waals surface area (Å²) in [7, 11) is -3.84. The predicted octanol–water partition coefficient (Wildman–Crippen LogP) is 2.36. The zero-order chi connectivity index (χ0) is 14.5. The molecule has 0 saturated carbocycles. The van der Waals surface area contributed by atoms with Crippen molar-refractivity contribution in [2.24, 2.45) is 0 Å². The molecule has 0 unspecified atom stereocenters. The Kier molecular flexibility index (Phi) is 2.72. The van der Waals surface area contributed by atoms with Crippen LogP contribution in [0, 0.1) is 0 Å². The summed E-state index contributed by atoms with van der Waals surface area (Å²) in [6.07, 6.45) is 0. The third-order valence-corrected chi connectivity index (χ3v) is 4.89. The smallest absolute Gasteiger partial charge is 0.268 e. The van der Waals surface area contributed by atoms with Gasteiger partial charge >= 0.3 is 10.2 Å². The number of anilines is 1. The monoisotopic (exact) mass is 290 g/mol. The van der Waals surface area contributed by atoms with Gasteiger partial charge in [-0.05, 0) is 25.3 Å². The lowest BCUT2D eigenvalue weighted by molar-refractivity contribution is 0.0834. The molecule has 0 saturated heterocycles. The summed E-state index contributed by atoms with van der Waals surface area (Å²) in [6.45, 7) is 3.34. The van der Waals surface area contributed by atoms with Gasteiger partial charge in [0.1, 0.15) is 0 Å². The van der Waals surface area contributed by atoms with Crippen LogP contribution in [0.5, 0.6) is 0 Å². The second-order valence-corrected chi connectivity index (χ2v) is 6.56. The quantitative estimate of drug-likeness (QED) is 0.876. The molecule has 1 N–H and O–H groups in total. The van der Waals surface area contributed by atoms with Crippen molar-refractivity contribution in [3.63, 3.8) is 0 Å². The molecule has 104 valence electrons. The molecule has 6 heteroatoms. The Labute approximate surface area is 117 Å². The minimum absolute atomic E-state index is 0.366. The number of fused-ring (bicyclic) bond motifs is 3. The van der Waals surface area contributed by atoms with Gasteiger partial charge in [0.25, 0.3) is 5.91 Å². The maximum Gasteiger partial charge on any atom is 0.326 e. The first kappa shape index (κ1) is 12.9. The Balaban J connectivity index is 2.32. The van der Waals surface area contributed by atoms with Crippen LogP contribution in [-0.2, 0) is 10.2 Å². The van der Waals surface area contributed by atoms with E-state index < -0.39 is 22.2 Å². The summed E-state index contributed by atoms with van der Waals surface area (Å²) in [4.78, 5) is 12.4. The summed E-state index contributed by atoms with van der Waals surface area (Å²) in [6, 6.07) is 10.4. The molecule has 20 heavy (non-hydrogen) atoms. The molecule has 0 atom stereocenters. The molecule has 0 spiro atoms. The molecule has 1 aliphatic rings. The topological polar surface area (TPSA) is 66.5 Å². The van der Waals surface area contributed by atoms with Crippen LogP contribution in [0.4, 0.5) is 5.69 Å². The molecule has 1 amide bonds. The van der Waals surface area contributed by atoms with Crippen molar-refractivity contribution in [2.75, 3.05) is 4.72 Å². The zero-order valence-electron chi connectivity index (χ0n) is 11.1. The highest BCUT2D eigenvalue weighted by Gasteiger charge is 2.37. The molecule has 0 fully saturated rings. The molecule has 0 aromatic heterocycles. The van der Waals surface area contributed by atoms with Crippen molar-refractivity contribution in [3.8, 4) is 0 Å². The highest BCUT2D eigenvalue weighted by Crippen LogP contribution is 2.34. The minimum atomic E-state index is -3.84. The number of amides is 1. The van der Waals surface area contributed by atoms with E-state index in [2.05, 4.69) is 4.72 Å². The van der Waals surface area contributed by atoms with E-state index in [9.17, 15) is 13.2 Å². The largest absolute Gasteiger partial charge is 0.326 e. The van der Waals surface area contributed by atoms with Crippen LogP contribution in [0.25, 0.3) is 10.8 Å². The van der Waals surface area contributed by atoms with Gasteiger partial charge in [-0.3, -0.25) is 9.52 Å². The fourth-order valence-corrected chi connectivity index (χ4v) is 3.93. The number of rotatable bonds is 1. The molecule has 1 aliphatic heterocycles. The SMILES string of the molecule is CC(C)N1C(=O)c2ccc3ccccc3c2NS1(=O)=O. The Bertz CT molecular complexity index is 812. The molecule has 1 heterocycles. The van der Waals surface area contributed by atoms with E-state index in [1.54, 1.807) is 26.0 Å². The second-order valence-electron chi connectivity index (χ2n) is 5.01. The minimum Gasteiger partial charge on any atom is -0.268 e. The van der Waals surface area contributed by atoms with Crippen LogP contribution in [0.15, 0.2) is 36.4 Å². The number of benzene rings is 2. The molecule has 5 nitrogen and oxygen atoms in total. The highest BCUT2D eigenvalue weighted by molar-refractivity contribution is 7.91. The molecule has 3 rings (SSSR count). The molecule has 0 bridgehead atoms. The number of carbonyl (C=O) groups is 1. The fraction of sp³-hybridized carbons (Fsp3) is 0.214. The summed E-state index contributed by atoms with van der Waals surface area (Å²) in [5.74, 6) is -0.487. The lowest BCUT2D eigenvalue weighted by atomic mass is 10.0. The van der Waals surface area contributed by atoms with Crippen molar-refractivity contribution in [2.45, 2.75) is 19.9 Å². The molecular weight excluding hydrogens is 276 g/mol. The summed E-state index contributed by atoms with van der Waals surface area (Å²) in [5.41, 5.74) is 0.747. The first-order valence-corrected chi connectivity index (χ1v) is 7.74. The zero-order valence-corrected chi connectivity index (χ0v) is 11.9. The van der Waals surface area contributed by atoms with Gasteiger partial charge in [-0.15, -0.1) is 0 Å². The number of nitrogens with zero attached hydrogens (tertiary/aromatic N) is 1. The average Bonchev–Trinajstić information content (AvgIpc) is 2.37. The van der Waals surface area contributed by atoms with E-state index in [4.69, 9.17) is 0 Å². The number of hydrogen-bond acceptors (Lipinski definition) is 3. The third kappa shape index (κ3) is 1.76. The first-order chi connectivity index (χ1) is 9.42. The van der Waals surface area contributed by atoms with Crippen LogP contribution in [0.2, 0.25) is 0 Å². The maximum atomic E-state index is 12.4. The van der Waals surface area contributed by atoms with Gasteiger partial charge in [0.2, 0.25) is 0 Å². The highest BCUT2D eigenvalue weighted by atomic mass is 32.2. The van der Waals surface area contributed by atoms with Gasteiger partial charge < -0.3 is 0 Å². The van der Waals surface area contributed by atoms with Crippen molar-refractivity contribution in [1.29, 1.82) is 0 Å². The van der Waals surface area contributed by atoms with Gasteiger partial charge in [-0.1, -0.05) is 30.3 Å². The maximum absolute atomic E-state index is 12.4. The molecule has 2 aromatic rings. The van der Waals surface area contributed by atoms with Gasteiger partial charge in [0.15, 0.2) is 0 Å². The van der Waals surface area contributed by atoms with Gasteiger partial charge in [0, 0.05) is 11.4 Å². The predicted molar refractivity (Wildman–Crippen MR) is 77.8 cm³/mol. The van der Waals surface area contributed by atoms with E-state index >= 15 is 0 Å². The Morgan fingerprint density at radius 2 is 1.80 bits per heavy atom. The summed E-state index contributed by atoms with van der Waals surface area (Å²) >= 11 is 0. The summed E-state index contributed by atoms with van der Waals surface area (Å²) < 4.78 is 27.9. The Hall–Kier alpha value is -2.08. The van der Waals surface area contributed by atoms with Gasteiger partial charge in [-0.2, -0.15) is 8.42 Å². The van der Waals surface area contributed by atoms with E-state index in [0.717, 1.165) is 15.1 Å². The van der Waals surface area contributed by atoms with Crippen molar-refractivity contribution >= 4 is 32.6 Å². The standard InChI is InChI=1S/C14H14N2O3S/c1-9(2)16-14(17)12-8-7-10-5-3-4-6-11(10)13(12)15-20(16,18)19/h3-9,15H,1-2H3. The van der Waals surface area contributed by atoms with E-state index in [0.29, 0.717) is 11.3 Å². The van der Waals surface area contributed by atoms with Crippen LogP contribution in [0.3, 0.4) is 0 Å². The van der Waals surface area contributed by atoms with E-state index in [1.165, 1.54) is 0 Å². The van der Waals surface area contributed by atoms with Crippen LogP contribution >= 0.6 is 0 Å². The average molecular weight is 290 g/mol. The van der Waals surface area contributed by atoms with Crippen LogP contribution in [-0.4, -0.2) is 24.7 Å². The fourth-order valence-electron chi connectivity index (χ4n) is 2.48. The number of nitrogens with one attached hydrogen (secondary N) is 1. The van der Waals surface area contributed by atoms with Crippen molar-refractivity contribution < 1.29 is 13.2 Å². The summed E-state index contributed by atoms with van der Waals surface area (Å²) in [5, 5.41) is 1.62. The van der Waals surface area contributed by atoms with Crippen LogP contribution in [0.1, 0.15) is 24.2 Å². The molecule has 0 radical (unpaired) electrons. The first-order valence-electron chi connectivity index (χ1n) is 6.30. The van der Waals surface area contributed by atoms with Crippen molar-refractivity contribution in [1.82, 2.24) is 4.31 Å². The second kappa shape index (κ2) is 4.21. The lowest BCUT2D eigenvalue weighted by Crippen LogP contribution is -2.48.